The number of nitrogens with zero attached hydrogens (tertiary/aromatic N) is 2. The molecule has 0 aliphatic rings. The third kappa shape index (κ3) is 6.32. The molecule has 0 aliphatic heterocycles. The summed E-state index contributed by atoms with van der Waals surface area (Å²) >= 11 is 0. The van der Waals surface area contributed by atoms with E-state index in [4.69, 9.17) is 0 Å². The largest absolute Gasteiger partial charge is 0.310 e. The summed E-state index contributed by atoms with van der Waals surface area (Å²) in [5, 5.41) is 9.69. The van der Waals surface area contributed by atoms with Crippen LogP contribution in [0.1, 0.15) is 0 Å². The molecule has 11 aromatic carbocycles. The van der Waals surface area contributed by atoms with Gasteiger partial charge in [0.25, 0.3) is 0 Å². The molecular weight excluding hydrogens is 725 g/mol. The van der Waals surface area contributed by atoms with Crippen molar-refractivity contribution in [3.05, 3.63) is 243 Å². The van der Waals surface area contributed by atoms with E-state index in [1.165, 1.54) is 65.3 Å². The van der Waals surface area contributed by atoms with Crippen LogP contribution in [0.4, 0.5) is 34.1 Å². The van der Waals surface area contributed by atoms with Crippen LogP contribution in [-0.2, 0) is 0 Å². The van der Waals surface area contributed by atoms with Gasteiger partial charge >= 0.3 is 0 Å². The van der Waals surface area contributed by atoms with E-state index in [-0.39, 0.29) is 0 Å². The maximum absolute atomic E-state index is 2.41. The van der Waals surface area contributed by atoms with Gasteiger partial charge in [-0.25, -0.2) is 0 Å². The normalized spacial score (nSPS) is 11.3. The zero-order valence-corrected chi connectivity index (χ0v) is 33.0. The minimum atomic E-state index is 1.09. The number of para-hydroxylation sites is 4. The highest BCUT2D eigenvalue weighted by Gasteiger charge is 2.22. The molecule has 0 fully saturated rings. The predicted octanol–water partition coefficient (Wildman–Crippen LogP) is 16.6. The molecule has 2 heteroatoms. The van der Waals surface area contributed by atoms with Crippen LogP contribution < -0.4 is 9.80 Å². The van der Waals surface area contributed by atoms with Crippen LogP contribution in [-0.4, -0.2) is 0 Å². The predicted molar refractivity (Wildman–Crippen MR) is 257 cm³/mol. The van der Waals surface area contributed by atoms with Crippen molar-refractivity contribution < 1.29 is 0 Å². The van der Waals surface area contributed by atoms with Crippen molar-refractivity contribution >= 4 is 77.2 Å². The fourth-order valence-corrected chi connectivity index (χ4v) is 8.99. The number of hydrogen-bond donors (Lipinski definition) is 0. The molecule has 0 aromatic heterocycles. The van der Waals surface area contributed by atoms with Crippen molar-refractivity contribution in [1.82, 2.24) is 0 Å². The van der Waals surface area contributed by atoms with Crippen molar-refractivity contribution in [2.45, 2.75) is 0 Å². The Labute approximate surface area is 350 Å². The Balaban J connectivity index is 1.27. The van der Waals surface area contributed by atoms with Gasteiger partial charge < -0.3 is 9.80 Å². The summed E-state index contributed by atoms with van der Waals surface area (Å²) in [6, 6.07) is 88.1. The summed E-state index contributed by atoms with van der Waals surface area (Å²) in [6.07, 6.45) is 0. The molecule has 0 unspecified atom stereocenters. The maximum Gasteiger partial charge on any atom is 0.0468 e. The quantitative estimate of drug-likeness (QED) is 0.142. The van der Waals surface area contributed by atoms with E-state index in [0.717, 1.165) is 34.1 Å². The van der Waals surface area contributed by atoms with Crippen molar-refractivity contribution in [3.63, 3.8) is 0 Å². The average molecular weight is 765 g/mol. The zero-order chi connectivity index (χ0) is 39.8. The second-order valence-corrected chi connectivity index (χ2v) is 15.3. The summed E-state index contributed by atoms with van der Waals surface area (Å²) < 4.78 is 0. The van der Waals surface area contributed by atoms with Crippen LogP contribution in [0, 0.1) is 0 Å². The Hall–Kier alpha value is -7.94. The Bertz CT molecular complexity index is 3000. The molecule has 11 aromatic rings. The summed E-state index contributed by atoms with van der Waals surface area (Å²) in [7, 11) is 0. The Morgan fingerprint density at radius 2 is 0.517 bits per heavy atom. The van der Waals surface area contributed by atoms with Crippen molar-refractivity contribution in [1.29, 1.82) is 0 Å². The lowest BCUT2D eigenvalue weighted by atomic mass is 9.83. The highest BCUT2D eigenvalue weighted by Crippen LogP contribution is 2.49. The van der Waals surface area contributed by atoms with Crippen LogP contribution in [0.3, 0.4) is 0 Å². The molecule has 0 spiro atoms. The van der Waals surface area contributed by atoms with Gasteiger partial charge in [-0.1, -0.05) is 158 Å². The van der Waals surface area contributed by atoms with Gasteiger partial charge in [-0.15, -0.1) is 0 Å². The van der Waals surface area contributed by atoms with E-state index in [1.807, 2.05) is 0 Å². The number of benzene rings is 11. The van der Waals surface area contributed by atoms with Crippen molar-refractivity contribution in [3.8, 4) is 22.3 Å². The van der Waals surface area contributed by atoms with E-state index < -0.39 is 0 Å². The lowest BCUT2D eigenvalue weighted by Gasteiger charge is -2.28. The van der Waals surface area contributed by atoms with Gasteiger partial charge in [0.05, 0.1) is 0 Å². The van der Waals surface area contributed by atoms with Gasteiger partial charge in [0.15, 0.2) is 0 Å². The Morgan fingerprint density at radius 1 is 0.200 bits per heavy atom. The second-order valence-electron chi connectivity index (χ2n) is 15.3. The zero-order valence-electron chi connectivity index (χ0n) is 33.0. The highest BCUT2D eigenvalue weighted by molar-refractivity contribution is 6.23. The van der Waals surface area contributed by atoms with Crippen LogP contribution in [0.2, 0.25) is 0 Å². The molecule has 0 amide bonds. The summed E-state index contributed by atoms with van der Waals surface area (Å²) in [5.74, 6) is 0. The van der Waals surface area contributed by atoms with Crippen LogP contribution in [0.25, 0.3) is 65.3 Å². The average Bonchev–Trinajstić information content (AvgIpc) is 3.32. The molecule has 282 valence electrons. The van der Waals surface area contributed by atoms with Crippen LogP contribution in [0.5, 0.6) is 0 Å². The van der Waals surface area contributed by atoms with Crippen molar-refractivity contribution in [2.24, 2.45) is 0 Å². The maximum atomic E-state index is 2.41. The molecule has 0 saturated carbocycles. The molecular formula is C58H40N2. The second kappa shape index (κ2) is 15.1. The van der Waals surface area contributed by atoms with E-state index in [2.05, 4.69) is 252 Å². The van der Waals surface area contributed by atoms with Gasteiger partial charge in [0.1, 0.15) is 0 Å². The third-order valence-corrected chi connectivity index (χ3v) is 11.7. The van der Waals surface area contributed by atoms with Crippen molar-refractivity contribution in [2.75, 3.05) is 9.80 Å². The van der Waals surface area contributed by atoms with Gasteiger partial charge in [-0.3, -0.25) is 0 Å². The first kappa shape index (κ1) is 35.2. The first-order valence-corrected chi connectivity index (χ1v) is 20.6. The fourth-order valence-electron chi connectivity index (χ4n) is 8.99. The molecule has 0 saturated heterocycles. The standard InChI is InChI=1S/C58H40N2/c1-5-21-47(22-6-1)59(48-23-7-2-8-24-48)51-33-35-53-55(39-51)56-40-52(60(49-25-9-3-10-26-49)50-27-11-4-12-28-50)34-36-54(56)58(46-32-30-42-18-14-16-20-44(42)38-46)57(53)45-31-29-41-17-13-15-19-43(41)37-45/h1-40H. The molecule has 0 N–H and O–H groups in total. The Morgan fingerprint density at radius 3 is 0.867 bits per heavy atom. The molecule has 0 atom stereocenters. The SMILES string of the molecule is c1ccc(N(c2ccccc2)c2ccc3c(-c4ccc5ccccc5c4)c(-c4ccc5ccccc5c4)c4ccc(N(c5ccccc5)c5ccccc5)cc4c3c2)cc1. The van der Waals surface area contributed by atoms with E-state index in [0.29, 0.717) is 0 Å². The lowest BCUT2D eigenvalue weighted by Crippen LogP contribution is -2.10. The smallest absolute Gasteiger partial charge is 0.0468 e. The summed E-state index contributed by atoms with van der Waals surface area (Å²) in [6.45, 7) is 0. The molecule has 0 aliphatic carbocycles. The molecule has 60 heavy (non-hydrogen) atoms. The minimum Gasteiger partial charge on any atom is -0.310 e. The van der Waals surface area contributed by atoms with Gasteiger partial charge in [-0.2, -0.15) is 0 Å². The third-order valence-electron chi connectivity index (χ3n) is 11.7. The van der Waals surface area contributed by atoms with Gasteiger partial charge in [-0.05, 0) is 150 Å². The van der Waals surface area contributed by atoms with E-state index in [9.17, 15) is 0 Å². The highest BCUT2D eigenvalue weighted by atomic mass is 15.1. The first-order valence-electron chi connectivity index (χ1n) is 20.6. The number of anilines is 6. The topological polar surface area (TPSA) is 6.48 Å². The van der Waals surface area contributed by atoms with Crippen LogP contribution >= 0.6 is 0 Å². The van der Waals surface area contributed by atoms with Gasteiger partial charge in [0.2, 0.25) is 0 Å². The van der Waals surface area contributed by atoms with E-state index >= 15 is 0 Å². The summed E-state index contributed by atoms with van der Waals surface area (Å²) in [5.41, 5.74) is 11.5. The molecule has 11 rings (SSSR count). The molecule has 2 nitrogen and oxygen atoms in total. The fraction of sp³-hybridized carbons (Fsp3) is 0. The van der Waals surface area contributed by atoms with Gasteiger partial charge in [0, 0.05) is 34.1 Å². The Kier molecular flexibility index (Phi) is 8.87. The number of rotatable bonds is 8. The lowest BCUT2D eigenvalue weighted by molar-refractivity contribution is 1.29. The van der Waals surface area contributed by atoms with E-state index in [1.54, 1.807) is 0 Å². The monoisotopic (exact) mass is 764 g/mol. The number of hydrogen-bond acceptors (Lipinski definition) is 2. The molecule has 0 heterocycles. The number of fused-ring (bicyclic) bond motifs is 5. The minimum absolute atomic E-state index is 1.09. The summed E-state index contributed by atoms with van der Waals surface area (Å²) in [4.78, 5) is 4.73. The molecule has 0 bridgehead atoms. The molecule has 0 radical (unpaired) electrons. The van der Waals surface area contributed by atoms with Crippen LogP contribution in [0.15, 0.2) is 243 Å². The first-order chi connectivity index (χ1) is 29.8.